The molecule has 27 heavy (non-hydrogen) atoms. The molecule has 2 amide bonds. The molecule has 0 bridgehead atoms. The summed E-state index contributed by atoms with van der Waals surface area (Å²) in [6.45, 7) is 2.05. The van der Waals surface area contributed by atoms with E-state index in [0.717, 1.165) is 17.5 Å². The topological polar surface area (TPSA) is 49.4 Å². The smallest absolute Gasteiger partial charge is 0.288 e. The van der Waals surface area contributed by atoms with E-state index in [1.165, 1.54) is 6.92 Å². The normalized spacial score (nSPS) is 16.1. The molecular formula is C20H20F2N2O2S. The van der Waals surface area contributed by atoms with E-state index in [1.54, 1.807) is 29.2 Å². The van der Waals surface area contributed by atoms with E-state index in [9.17, 15) is 18.4 Å². The van der Waals surface area contributed by atoms with E-state index in [4.69, 9.17) is 0 Å². The van der Waals surface area contributed by atoms with Crippen molar-refractivity contribution in [2.45, 2.75) is 36.5 Å². The Bertz CT molecular complexity index is 844. The van der Waals surface area contributed by atoms with Gasteiger partial charge in [-0.1, -0.05) is 48.2 Å². The van der Waals surface area contributed by atoms with E-state index in [2.05, 4.69) is 5.32 Å². The summed E-state index contributed by atoms with van der Waals surface area (Å²) in [6.07, 6.45) is 0.825. The Morgan fingerprint density at radius 3 is 2.63 bits per heavy atom. The van der Waals surface area contributed by atoms with Crippen molar-refractivity contribution in [1.82, 2.24) is 4.90 Å². The third kappa shape index (κ3) is 4.66. The van der Waals surface area contributed by atoms with Crippen molar-refractivity contribution in [1.29, 1.82) is 0 Å². The summed E-state index contributed by atoms with van der Waals surface area (Å²) in [4.78, 5) is 26.7. The summed E-state index contributed by atoms with van der Waals surface area (Å²) in [5, 5.41) is 2.72. The van der Waals surface area contributed by atoms with Crippen LogP contribution in [-0.4, -0.2) is 29.0 Å². The molecule has 4 nitrogen and oxygen atoms in total. The van der Waals surface area contributed by atoms with Crippen LogP contribution in [0.25, 0.3) is 0 Å². The standard InChI is InChI=1S/C20H20F2N2O2S/c1-13(25)24-11-10-14-6-2-3-7-15(14)17(24)12-19(26)23-16-8-4-5-9-18(16)27-20(21)22/h2-9,17,20H,10-12H2,1H3,(H,23,26). The number of amides is 2. The average molecular weight is 390 g/mol. The van der Waals surface area contributed by atoms with Crippen LogP contribution in [0.15, 0.2) is 53.4 Å². The molecule has 7 heteroatoms. The highest BCUT2D eigenvalue weighted by atomic mass is 32.2. The number of rotatable bonds is 5. The number of thioether (sulfide) groups is 1. The maximum Gasteiger partial charge on any atom is 0.288 e. The van der Waals surface area contributed by atoms with Gasteiger partial charge in [0, 0.05) is 18.4 Å². The van der Waals surface area contributed by atoms with Gasteiger partial charge in [0.05, 0.1) is 18.2 Å². The number of anilines is 1. The van der Waals surface area contributed by atoms with Crippen molar-refractivity contribution in [3.63, 3.8) is 0 Å². The predicted octanol–water partition coefficient (Wildman–Crippen LogP) is 4.48. The molecule has 0 saturated heterocycles. The van der Waals surface area contributed by atoms with Crippen LogP contribution in [0.2, 0.25) is 0 Å². The molecule has 0 saturated carbocycles. The van der Waals surface area contributed by atoms with Gasteiger partial charge in [0.25, 0.3) is 5.76 Å². The minimum absolute atomic E-state index is 0.0737. The number of hydrogen-bond donors (Lipinski definition) is 1. The number of para-hydroxylation sites is 1. The predicted molar refractivity (Wildman–Crippen MR) is 102 cm³/mol. The second-order valence-electron chi connectivity index (χ2n) is 6.30. The number of benzene rings is 2. The molecule has 0 spiro atoms. The Labute approximate surface area is 160 Å². The first-order valence-corrected chi connectivity index (χ1v) is 9.52. The van der Waals surface area contributed by atoms with Crippen LogP contribution in [0, 0.1) is 0 Å². The number of hydrogen-bond acceptors (Lipinski definition) is 3. The molecule has 0 aromatic heterocycles. The van der Waals surface area contributed by atoms with Crippen LogP contribution in [0.1, 0.15) is 30.5 Å². The Balaban J connectivity index is 1.79. The van der Waals surface area contributed by atoms with Crippen molar-refractivity contribution < 1.29 is 18.4 Å². The van der Waals surface area contributed by atoms with Crippen LogP contribution >= 0.6 is 11.8 Å². The lowest BCUT2D eigenvalue weighted by Crippen LogP contribution is -2.40. The minimum Gasteiger partial charge on any atom is -0.335 e. The molecule has 3 rings (SSSR count). The summed E-state index contributed by atoms with van der Waals surface area (Å²) in [6, 6.07) is 13.9. The lowest BCUT2D eigenvalue weighted by molar-refractivity contribution is -0.132. The third-order valence-corrected chi connectivity index (χ3v) is 5.36. The lowest BCUT2D eigenvalue weighted by Gasteiger charge is -2.36. The first-order valence-electron chi connectivity index (χ1n) is 8.64. The van der Waals surface area contributed by atoms with Gasteiger partial charge in [0.1, 0.15) is 0 Å². The monoisotopic (exact) mass is 390 g/mol. The molecule has 0 fully saturated rings. The Hall–Kier alpha value is -2.41. The zero-order valence-electron chi connectivity index (χ0n) is 14.8. The van der Waals surface area contributed by atoms with E-state index < -0.39 is 5.76 Å². The van der Waals surface area contributed by atoms with Crippen molar-refractivity contribution in [2.24, 2.45) is 0 Å². The van der Waals surface area contributed by atoms with Crippen LogP contribution in [0.5, 0.6) is 0 Å². The van der Waals surface area contributed by atoms with Gasteiger partial charge in [-0.3, -0.25) is 9.59 Å². The largest absolute Gasteiger partial charge is 0.335 e. The van der Waals surface area contributed by atoms with Crippen molar-refractivity contribution in [2.75, 3.05) is 11.9 Å². The van der Waals surface area contributed by atoms with E-state index >= 15 is 0 Å². The van der Waals surface area contributed by atoms with Gasteiger partial charge in [0.15, 0.2) is 0 Å². The SMILES string of the molecule is CC(=O)N1CCc2ccccc2C1CC(=O)Nc1ccccc1SC(F)F. The maximum atomic E-state index is 12.7. The Morgan fingerprint density at radius 1 is 1.19 bits per heavy atom. The molecule has 1 heterocycles. The second-order valence-corrected chi connectivity index (χ2v) is 7.34. The first kappa shape index (κ1) is 19.4. The molecule has 1 aliphatic heterocycles. The molecule has 0 radical (unpaired) electrons. The molecule has 2 aromatic carbocycles. The molecular weight excluding hydrogens is 370 g/mol. The fourth-order valence-corrected chi connectivity index (χ4v) is 3.99. The quantitative estimate of drug-likeness (QED) is 0.766. The number of carbonyl (C=O) groups excluding carboxylic acids is 2. The molecule has 2 aromatic rings. The summed E-state index contributed by atoms with van der Waals surface area (Å²) in [5.41, 5.74) is 2.44. The fraction of sp³-hybridized carbons (Fsp3) is 0.300. The zero-order valence-corrected chi connectivity index (χ0v) is 15.6. The fourth-order valence-electron chi connectivity index (χ4n) is 3.39. The molecule has 1 N–H and O–H groups in total. The number of halogens is 2. The summed E-state index contributed by atoms with van der Waals surface area (Å²) in [5.74, 6) is -2.97. The number of carbonyl (C=O) groups is 2. The van der Waals surface area contributed by atoms with Gasteiger partial charge in [-0.25, -0.2) is 0 Å². The van der Waals surface area contributed by atoms with Crippen molar-refractivity contribution >= 4 is 29.3 Å². The molecule has 142 valence electrons. The van der Waals surface area contributed by atoms with Crippen LogP contribution < -0.4 is 5.32 Å². The highest BCUT2D eigenvalue weighted by Gasteiger charge is 2.30. The van der Waals surface area contributed by atoms with E-state index in [0.29, 0.717) is 28.9 Å². The maximum absolute atomic E-state index is 12.7. The first-order chi connectivity index (χ1) is 13.0. The molecule has 1 aliphatic rings. The zero-order chi connectivity index (χ0) is 19.4. The summed E-state index contributed by atoms with van der Waals surface area (Å²) >= 11 is 0.395. The van der Waals surface area contributed by atoms with Crippen LogP contribution in [0.3, 0.4) is 0 Å². The summed E-state index contributed by atoms with van der Waals surface area (Å²) in [7, 11) is 0. The van der Waals surface area contributed by atoms with Gasteiger partial charge in [0.2, 0.25) is 11.8 Å². The lowest BCUT2D eigenvalue weighted by atomic mass is 9.90. The Morgan fingerprint density at radius 2 is 1.89 bits per heavy atom. The average Bonchev–Trinajstić information content (AvgIpc) is 2.63. The number of fused-ring (bicyclic) bond motifs is 1. The van der Waals surface area contributed by atoms with Gasteiger partial charge in [-0.2, -0.15) is 8.78 Å². The Kier molecular flexibility index (Phi) is 6.11. The molecule has 0 aliphatic carbocycles. The van der Waals surface area contributed by atoms with Crippen LogP contribution in [0.4, 0.5) is 14.5 Å². The second kappa shape index (κ2) is 8.52. The number of nitrogens with one attached hydrogen (secondary N) is 1. The molecule has 1 unspecified atom stereocenters. The number of nitrogens with zero attached hydrogens (tertiary/aromatic N) is 1. The van der Waals surface area contributed by atoms with Gasteiger partial charge >= 0.3 is 0 Å². The minimum atomic E-state index is -2.57. The van der Waals surface area contributed by atoms with Crippen molar-refractivity contribution in [3.8, 4) is 0 Å². The third-order valence-electron chi connectivity index (χ3n) is 4.57. The highest BCUT2D eigenvalue weighted by molar-refractivity contribution is 7.99. The summed E-state index contributed by atoms with van der Waals surface area (Å²) < 4.78 is 25.4. The van der Waals surface area contributed by atoms with E-state index in [-0.39, 0.29) is 24.3 Å². The highest BCUT2D eigenvalue weighted by Crippen LogP contribution is 2.34. The number of alkyl halides is 2. The van der Waals surface area contributed by atoms with E-state index in [1.807, 2.05) is 24.3 Å². The van der Waals surface area contributed by atoms with Gasteiger partial charge in [-0.15, -0.1) is 0 Å². The van der Waals surface area contributed by atoms with Crippen molar-refractivity contribution in [3.05, 3.63) is 59.7 Å². The van der Waals surface area contributed by atoms with Gasteiger partial charge < -0.3 is 10.2 Å². The van der Waals surface area contributed by atoms with Gasteiger partial charge in [-0.05, 0) is 29.7 Å². The van der Waals surface area contributed by atoms with Crippen LogP contribution in [-0.2, 0) is 16.0 Å². The molecule has 1 atom stereocenters.